The quantitative estimate of drug-likeness (QED) is 0.739. The Morgan fingerprint density at radius 3 is 2.47 bits per heavy atom. The SMILES string of the molecule is COCC(CNC(C)C)N1CCC(C(C)C)C1. The summed E-state index contributed by atoms with van der Waals surface area (Å²) < 4.78 is 5.36. The molecule has 1 aliphatic heterocycles. The summed E-state index contributed by atoms with van der Waals surface area (Å²) in [6.45, 7) is 13.4. The second kappa shape index (κ2) is 7.34. The van der Waals surface area contributed by atoms with Crippen LogP contribution in [0.2, 0.25) is 0 Å². The number of likely N-dealkylation sites (tertiary alicyclic amines) is 1. The van der Waals surface area contributed by atoms with Gasteiger partial charge in [-0.05, 0) is 24.8 Å². The minimum absolute atomic E-state index is 0.533. The van der Waals surface area contributed by atoms with Crippen molar-refractivity contribution >= 4 is 0 Å². The molecule has 0 aliphatic carbocycles. The van der Waals surface area contributed by atoms with E-state index in [1.165, 1.54) is 19.5 Å². The van der Waals surface area contributed by atoms with E-state index in [1.54, 1.807) is 7.11 Å². The van der Waals surface area contributed by atoms with Gasteiger partial charge in [-0.3, -0.25) is 4.90 Å². The molecule has 1 heterocycles. The van der Waals surface area contributed by atoms with Crippen molar-refractivity contribution in [2.75, 3.05) is 33.4 Å². The lowest BCUT2D eigenvalue weighted by molar-refractivity contribution is 0.0992. The lowest BCUT2D eigenvalue weighted by Gasteiger charge is -2.28. The van der Waals surface area contributed by atoms with Crippen LogP contribution in [0.4, 0.5) is 0 Å². The molecule has 3 nitrogen and oxygen atoms in total. The molecule has 2 unspecified atom stereocenters. The van der Waals surface area contributed by atoms with Crippen LogP contribution >= 0.6 is 0 Å². The van der Waals surface area contributed by atoms with Gasteiger partial charge in [0, 0.05) is 32.3 Å². The molecule has 0 bridgehead atoms. The molecule has 0 spiro atoms. The molecule has 1 saturated heterocycles. The molecule has 0 saturated carbocycles. The third-order valence-electron chi connectivity index (χ3n) is 3.84. The van der Waals surface area contributed by atoms with Crippen LogP contribution in [-0.2, 0) is 4.74 Å². The number of nitrogens with one attached hydrogen (secondary N) is 1. The van der Waals surface area contributed by atoms with Crippen molar-refractivity contribution in [2.45, 2.75) is 46.2 Å². The molecule has 0 radical (unpaired) electrons. The Labute approximate surface area is 107 Å². The summed E-state index contributed by atoms with van der Waals surface area (Å²) in [5, 5.41) is 3.53. The fourth-order valence-corrected chi connectivity index (χ4v) is 2.55. The molecule has 0 aromatic heterocycles. The van der Waals surface area contributed by atoms with Gasteiger partial charge in [0.15, 0.2) is 0 Å². The van der Waals surface area contributed by atoms with Gasteiger partial charge in [-0.15, -0.1) is 0 Å². The van der Waals surface area contributed by atoms with Gasteiger partial charge in [0.1, 0.15) is 0 Å². The molecule has 17 heavy (non-hydrogen) atoms. The van der Waals surface area contributed by atoms with Crippen molar-refractivity contribution in [3.05, 3.63) is 0 Å². The van der Waals surface area contributed by atoms with E-state index in [2.05, 4.69) is 37.9 Å². The van der Waals surface area contributed by atoms with Crippen LogP contribution in [0.25, 0.3) is 0 Å². The highest BCUT2D eigenvalue weighted by molar-refractivity contribution is 4.84. The molecule has 2 atom stereocenters. The fraction of sp³-hybridized carbons (Fsp3) is 1.00. The first kappa shape index (κ1) is 14.9. The Morgan fingerprint density at radius 1 is 1.29 bits per heavy atom. The second-order valence-electron chi connectivity index (χ2n) is 5.96. The zero-order valence-electron chi connectivity index (χ0n) is 12.2. The Hall–Kier alpha value is -0.120. The van der Waals surface area contributed by atoms with Gasteiger partial charge in [-0.2, -0.15) is 0 Å². The standard InChI is InChI=1S/C14H30N2O/c1-11(2)13-6-7-16(9-13)14(10-17-5)8-15-12(3)4/h11-15H,6-10H2,1-5H3. The predicted octanol–water partition coefficient (Wildman–Crippen LogP) is 1.98. The first-order chi connectivity index (χ1) is 8.04. The van der Waals surface area contributed by atoms with Gasteiger partial charge >= 0.3 is 0 Å². The van der Waals surface area contributed by atoms with Gasteiger partial charge in [0.2, 0.25) is 0 Å². The molecule has 0 aromatic carbocycles. The maximum atomic E-state index is 5.36. The van der Waals surface area contributed by atoms with E-state index in [0.717, 1.165) is 25.0 Å². The van der Waals surface area contributed by atoms with E-state index in [4.69, 9.17) is 4.74 Å². The van der Waals surface area contributed by atoms with Crippen LogP contribution in [0.5, 0.6) is 0 Å². The minimum atomic E-state index is 0.533. The van der Waals surface area contributed by atoms with Crippen molar-refractivity contribution in [3.8, 4) is 0 Å². The van der Waals surface area contributed by atoms with Crippen LogP contribution in [0.15, 0.2) is 0 Å². The summed E-state index contributed by atoms with van der Waals surface area (Å²) in [5.74, 6) is 1.68. The molecular weight excluding hydrogens is 212 g/mol. The summed E-state index contributed by atoms with van der Waals surface area (Å²) in [4.78, 5) is 2.60. The van der Waals surface area contributed by atoms with Crippen molar-refractivity contribution in [1.82, 2.24) is 10.2 Å². The molecule has 1 rings (SSSR count). The van der Waals surface area contributed by atoms with Crippen molar-refractivity contribution in [2.24, 2.45) is 11.8 Å². The molecular formula is C14H30N2O. The zero-order valence-corrected chi connectivity index (χ0v) is 12.2. The van der Waals surface area contributed by atoms with E-state index in [9.17, 15) is 0 Å². The number of hydrogen-bond donors (Lipinski definition) is 1. The number of nitrogens with zero attached hydrogens (tertiary/aromatic N) is 1. The Balaban J connectivity index is 2.42. The van der Waals surface area contributed by atoms with Gasteiger partial charge in [0.25, 0.3) is 0 Å². The van der Waals surface area contributed by atoms with E-state index in [1.807, 2.05) is 0 Å². The second-order valence-corrected chi connectivity index (χ2v) is 5.96. The lowest BCUT2D eigenvalue weighted by atomic mass is 9.95. The summed E-state index contributed by atoms with van der Waals surface area (Å²) >= 11 is 0. The Morgan fingerprint density at radius 2 is 2.00 bits per heavy atom. The number of methoxy groups -OCH3 is 1. The number of rotatable bonds is 7. The van der Waals surface area contributed by atoms with E-state index < -0.39 is 0 Å². The van der Waals surface area contributed by atoms with Crippen molar-refractivity contribution in [1.29, 1.82) is 0 Å². The van der Waals surface area contributed by atoms with Crippen molar-refractivity contribution in [3.63, 3.8) is 0 Å². The third kappa shape index (κ3) is 4.94. The predicted molar refractivity (Wildman–Crippen MR) is 73.3 cm³/mol. The highest BCUT2D eigenvalue weighted by atomic mass is 16.5. The minimum Gasteiger partial charge on any atom is -0.383 e. The van der Waals surface area contributed by atoms with Gasteiger partial charge in [0.05, 0.1) is 6.61 Å². The average Bonchev–Trinajstić information content (AvgIpc) is 2.73. The first-order valence-corrected chi connectivity index (χ1v) is 7.01. The molecule has 0 amide bonds. The zero-order chi connectivity index (χ0) is 12.8. The summed E-state index contributed by atoms with van der Waals surface area (Å²) in [7, 11) is 1.80. The average molecular weight is 242 g/mol. The normalized spacial score (nSPS) is 23.8. The third-order valence-corrected chi connectivity index (χ3v) is 3.84. The van der Waals surface area contributed by atoms with Gasteiger partial charge < -0.3 is 10.1 Å². The summed E-state index contributed by atoms with van der Waals surface area (Å²) in [6, 6.07) is 1.09. The van der Waals surface area contributed by atoms with Crippen LogP contribution in [-0.4, -0.2) is 50.3 Å². The highest BCUT2D eigenvalue weighted by Gasteiger charge is 2.29. The first-order valence-electron chi connectivity index (χ1n) is 7.01. The largest absolute Gasteiger partial charge is 0.383 e. The van der Waals surface area contributed by atoms with Crippen LogP contribution < -0.4 is 5.32 Å². The monoisotopic (exact) mass is 242 g/mol. The molecule has 3 heteroatoms. The molecule has 1 aliphatic rings. The maximum Gasteiger partial charge on any atom is 0.0630 e. The van der Waals surface area contributed by atoms with Gasteiger partial charge in [-0.25, -0.2) is 0 Å². The molecule has 1 N–H and O–H groups in total. The summed E-state index contributed by atoms with van der Waals surface area (Å²) in [5.41, 5.74) is 0. The van der Waals surface area contributed by atoms with Crippen LogP contribution in [0.1, 0.15) is 34.1 Å². The smallest absolute Gasteiger partial charge is 0.0630 e. The molecule has 1 fully saturated rings. The van der Waals surface area contributed by atoms with E-state index >= 15 is 0 Å². The topological polar surface area (TPSA) is 24.5 Å². The van der Waals surface area contributed by atoms with Crippen LogP contribution in [0, 0.1) is 11.8 Å². The Kier molecular flexibility index (Phi) is 6.45. The van der Waals surface area contributed by atoms with Crippen molar-refractivity contribution < 1.29 is 4.74 Å². The number of ether oxygens (including phenoxy) is 1. The fourth-order valence-electron chi connectivity index (χ4n) is 2.55. The van der Waals surface area contributed by atoms with E-state index in [-0.39, 0.29) is 0 Å². The number of hydrogen-bond acceptors (Lipinski definition) is 3. The Bertz CT molecular complexity index is 206. The lowest BCUT2D eigenvalue weighted by Crippen LogP contribution is -2.45. The maximum absolute atomic E-state index is 5.36. The highest BCUT2D eigenvalue weighted by Crippen LogP contribution is 2.25. The summed E-state index contributed by atoms with van der Waals surface area (Å²) in [6.07, 6.45) is 1.35. The van der Waals surface area contributed by atoms with Gasteiger partial charge in [-0.1, -0.05) is 27.7 Å². The molecule has 102 valence electrons. The molecule has 0 aromatic rings. The van der Waals surface area contributed by atoms with Crippen LogP contribution in [0.3, 0.4) is 0 Å². The van der Waals surface area contributed by atoms with E-state index in [0.29, 0.717) is 12.1 Å².